The standard InChI is InChI=1S/C11H6ClF3O2S/c12-18(16,17)8-5-7-3-1-2-4-9(7)10(6-8)11(13,14)15/h1-6H. The normalized spacial score (nSPS) is 12.9. The largest absolute Gasteiger partial charge is 0.417 e. The molecule has 96 valence electrons. The Morgan fingerprint density at radius 1 is 1.06 bits per heavy atom. The van der Waals surface area contributed by atoms with E-state index >= 15 is 0 Å². The molecule has 2 aromatic carbocycles. The summed E-state index contributed by atoms with van der Waals surface area (Å²) >= 11 is 0. The van der Waals surface area contributed by atoms with Gasteiger partial charge >= 0.3 is 6.18 Å². The van der Waals surface area contributed by atoms with Crippen molar-refractivity contribution >= 4 is 30.5 Å². The number of benzene rings is 2. The molecule has 0 aliphatic rings. The van der Waals surface area contributed by atoms with Crippen LogP contribution in [-0.2, 0) is 15.2 Å². The van der Waals surface area contributed by atoms with Crippen molar-refractivity contribution in [1.82, 2.24) is 0 Å². The van der Waals surface area contributed by atoms with E-state index in [4.69, 9.17) is 10.7 Å². The molecule has 2 nitrogen and oxygen atoms in total. The lowest BCUT2D eigenvalue weighted by molar-refractivity contribution is -0.136. The Kier molecular flexibility index (Phi) is 3.03. The van der Waals surface area contributed by atoms with Gasteiger partial charge in [-0.25, -0.2) is 8.42 Å². The highest BCUT2D eigenvalue weighted by atomic mass is 35.7. The second-order valence-electron chi connectivity index (χ2n) is 3.63. The maximum atomic E-state index is 12.8. The van der Waals surface area contributed by atoms with Crippen LogP contribution in [-0.4, -0.2) is 8.42 Å². The summed E-state index contributed by atoms with van der Waals surface area (Å²) in [7, 11) is 0.881. The van der Waals surface area contributed by atoms with E-state index in [-0.39, 0.29) is 10.8 Å². The smallest absolute Gasteiger partial charge is 0.207 e. The molecule has 0 aliphatic heterocycles. The fraction of sp³-hybridized carbons (Fsp3) is 0.0909. The van der Waals surface area contributed by atoms with Gasteiger partial charge in [0.2, 0.25) is 0 Å². The van der Waals surface area contributed by atoms with Crippen LogP contribution in [0.25, 0.3) is 10.8 Å². The van der Waals surface area contributed by atoms with Crippen molar-refractivity contribution in [2.45, 2.75) is 11.1 Å². The summed E-state index contributed by atoms with van der Waals surface area (Å²) in [5.74, 6) is 0. The Morgan fingerprint density at radius 2 is 1.67 bits per heavy atom. The summed E-state index contributed by atoms with van der Waals surface area (Å²) < 4.78 is 60.9. The van der Waals surface area contributed by atoms with Crippen molar-refractivity contribution in [1.29, 1.82) is 0 Å². The zero-order chi connectivity index (χ0) is 13.6. The molecule has 0 heterocycles. The molecule has 0 atom stereocenters. The first-order valence-corrected chi connectivity index (χ1v) is 7.05. The fourth-order valence-electron chi connectivity index (χ4n) is 1.66. The van der Waals surface area contributed by atoms with Crippen LogP contribution in [0.3, 0.4) is 0 Å². The highest BCUT2D eigenvalue weighted by Gasteiger charge is 2.33. The molecule has 0 aromatic heterocycles. The zero-order valence-electron chi connectivity index (χ0n) is 8.70. The molecule has 18 heavy (non-hydrogen) atoms. The van der Waals surface area contributed by atoms with E-state index in [9.17, 15) is 21.6 Å². The number of fused-ring (bicyclic) bond motifs is 1. The van der Waals surface area contributed by atoms with Gasteiger partial charge in [-0.2, -0.15) is 13.2 Å². The first kappa shape index (κ1) is 13.2. The third kappa shape index (κ3) is 2.44. The van der Waals surface area contributed by atoms with E-state index in [0.29, 0.717) is 6.07 Å². The van der Waals surface area contributed by atoms with Gasteiger partial charge in [0.25, 0.3) is 9.05 Å². The molecule has 0 unspecified atom stereocenters. The first-order valence-electron chi connectivity index (χ1n) is 4.74. The van der Waals surface area contributed by atoms with Gasteiger partial charge in [-0.1, -0.05) is 24.3 Å². The van der Waals surface area contributed by atoms with E-state index in [1.165, 1.54) is 24.3 Å². The molecular formula is C11H6ClF3O2S. The number of hydrogen-bond donors (Lipinski definition) is 0. The highest BCUT2D eigenvalue weighted by Crippen LogP contribution is 2.37. The van der Waals surface area contributed by atoms with E-state index in [2.05, 4.69) is 0 Å². The number of halogens is 4. The zero-order valence-corrected chi connectivity index (χ0v) is 10.3. The topological polar surface area (TPSA) is 34.1 Å². The van der Waals surface area contributed by atoms with E-state index < -0.39 is 25.7 Å². The summed E-state index contributed by atoms with van der Waals surface area (Å²) in [6.45, 7) is 0. The summed E-state index contributed by atoms with van der Waals surface area (Å²) in [6, 6.07) is 7.32. The predicted octanol–water partition coefficient (Wildman–Crippen LogP) is 3.79. The lowest BCUT2D eigenvalue weighted by Crippen LogP contribution is -2.07. The Bertz CT molecular complexity index is 708. The maximum absolute atomic E-state index is 12.8. The third-order valence-electron chi connectivity index (χ3n) is 2.42. The van der Waals surface area contributed by atoms with Gasteiger partial charge in [0.15, 0.2) is 0 Å². The van der Waals surface area contributed by atoms with Crippen LogP contribution in [0.1, 0.15) is 5.56 Å². The Balaban J connectivity index is 2.90. The SMILES string of the molecule is O=S(=O)(Cl)c1cc(C(F)(F)F)c2ccccc2c1. The lowest BCUT2D eigenvalue weighted by Gasteiger charge is -2.11. The number of hydrogen-bond acceptors (Lipinski definition) is 2. The summed E-state index contributed by atoms with van der Waals surface area (Å²) in [5.41, 5.74) is -1.01. The van der Waals surface area contributed by atoms with E-state index in [1.807, 2.05) is 0 Å². The Labute approximate surface area is 105 Å². The minimum Gasteiger partial charge on any atom is -0.207 e. The molecule has 0 amide bonds. The summed E-state index contributed by atoms with van der Waals surface area (Å²) in [6.07, 6.45) is -4.64. The second kappa shape index (κ2) is 4.13. The van der Waals surface area contributed by atoms with Crippen LogP contribution < -0.4 is 0 Å². The molecule has 2 aromatic rings. The summed E-state index contributed by atoms with van der Waals surface area (Å²) in [5, 5.41) is 0.112. The van der Waals surface area contributed by atoms with Gasteiger partial charge in [0.05, 0.1) is 10.5 Å². The number of rotatable bonds is 1. The van der Waals surface area contributed by atoms with Gasteiger partial charge < -0.3 is 0 Å². The van der Waals surface area contributed by atoms with Crippen LogP contribution in [0, 0.1) is 0 Å². The van der Waals surface area contributed by atoms with Crippen LogP contribution >= 0.6 is 10.7 Å². The molecule has 0 saturated carbocycles. The quantitative estimate of drug-likeness (QED) is 0.750. The average molecular weight is 295 g/mol. The van der Waals surface area contributed by atoms with Crippen molar-refractivity contribution in [3.8, 4) is 0 Å². The average Bonchev–Trinajstić information content (AvgIpc) is 2.25. The molecule has 7 heteroatoms. The van der Waals surface area contributed by atoms with Crippen LogP contribution in [0.15, 0.2) is 41.3 Å². The molecule has 0 aliphatic carbocycles. The number of alkyl halides is 3. The van der Waals surface area contributed by atoms with Crippen molar-refractivity contribution in [3.63, 3.8) is 0 Å². The van der Waals surface area contributed by atoms with Crippen molar-refractivity contribution < 1.29 is 21.6 Å². The molecule has 0 saturated heterocycles. The Morgan fingerprint density at radius 3 is 2.22 bits per heavy atom. The van der Waals surface area contributed by atoms with Crippen LogP contribution in [0.5, 0.6) is 0 Å². The molecular weight excluding hydrogens is 289 g/mol. The van der Waals surface area contributed by atoms with Gasteiger partial charge in [0, 0.05) is 10.7 Å². The van der Waals surface area contributed by atoms with Gasteiger partial charge in [-0.05, 0) is 22.9 Å². The van der Waals surface area contributed by atoms with Gasteiger partial charge in [-0.15, -0.1) is 0 Å². The fourth-order valence-corrected chi connectivity index (χ4v) is 2.45. The van der Waals surface area contributed by atoms with Crippen molar-refractivity contribution in [2.75, 3.05) is 0 Å². The first-order chi connectivity index (χ1) is 8.19. The minimum atomic E-state index is -4.64. The summed E-state index contributed by atoms with van der Waals surface area (Å²) in [4.78, 5) is -0.560. The maximum Gasteiger partial charge on any atom is 0.417 e. The second-order valence-corrected chi connectivity index (χ2v) is 6.19. The molecule has 0 radical (unpaired) electrons. The molecule has 0 spiro atoms. The third-order valence-corrected chi connectivity index (χ3v) is 3.76. The molecule has 0 N–H and O–H groups in total. The minimum absolute atomic E-state index is 0.0610. The molecule has 0 bridgehead atoms. The van der Waals surface area contributed by atoms with Crippen LogP contribution in [0.4, 0.5) is 13.2 Å². The van der Waals surface area contributed by atoms with E-state index in [0.717, 1.165) is 6.07 Å². The molecule has 0 fully saturated rings. The predicted molar refractivity (Wildman–Crippen MR) is 62.0 cm³/mol. The van der Waals surface area contributed by atoms with Crippen molar-refractivity contribution in [2.24, 2.45) is 0 Å². The van der Waals surface area contributed by atoms with Gasteiger partial charge in [0.1, 0.15) is 0 Å². The Hall–Kier alpha value is -1.27. The lowest BCUT2D eigenvalue weighted by atomic mass is 10.0. The monoisotopic (exact) mass is 294 g/mol. The molecule has 2 rings (SSSR count). The van der Waals surface area contributed by atoms with Gasteiger partial charge in [-0.3, -0.25) is 0 Å². The van der Waals surface area contributed by atoms with Crippen molar-refractivity contribution in [3.05, 3.63) is 42.0 Å². The highest BCUT2D eigenvalue weighted by molar-refractivity contribution is 8.13. The van der Waals surface area contributed by atoms with E-state index in [1.54, 1.807) is 0 Å². The van der Waals surface area contributed by atoms with Crippen LogP contribution in [0.2, 0.25) is 0 Å².